The number of nitrogens with one attached hydrogen (secondary N) is 1. The van der Waals surface area contributed by atoms with Crippen molar-refractivity contribution in [2.75, 3.05) is 19.5 Å². The molecule has 32 heavy (non-hydrogen) atoms. The predicted octanol–water partition coefficient (Wildman–Crippen LogP) is 4.16. The van der Waals surface area contributed by atoms with Crippen LogP contribution in [0.5, 0.6) is 10.9 Å². The van der Waals surface area contributed by atoms with Gasteiger partial charge in [0.2, 0.25) is 5.13 Å². The number of anilines is 1. The summed E-state index contributed by atoms with van der Waals surface area (Å²) in [5.74, 6) is 0.108. The van der Waals surface area contributed by atoms with E-state index in [1.165, 1.54) is 30.8 Å². The summed E-state index contributed by atoms with van der Waals surface area (Å²) in [5.41, 5.74) is 2.34. The van der Waals surface area contributed by atoms with Crippen LogP contribution in [0.3, 0.4) is 0 Å². The van der Waals surface area contributed by atoms with Gasteiger partial charge in [-0.3, -0.25) is 15.1 Å². The van der Waals surface area contributed by atoms with Crippen LogP contribution in [-0.4, -0.2) is 52.5 Å². The van der Waals surface area contributed by atoms with E-state index in [4.69, 9.17) is 25.8 Å². The number of halogens is 1. The molecule has 0 aromatic carbocycles. The third-order valence-electron chi connectivity index (χ3n) is 5.19. The molecule has 0 unspecified atom stereocenters. The number of amides is 1. The van der Waals surface area contributed by atoms with Crippen LogP contribution < -0.4 is 14.8 Å². The summed E-state index contributed by atoms with van der Waals surface area (Å²) in [4.78, 5) is 21.4. The quantitative estimate of drug-likeness (QED) is 0.507. The first kappa shape index (κ1) is 22.4. The van der Waals surface area contributed by atoms with Gasteiger partial charge in [-0.05, 0) is 43.2 Å². The van der Waals surface area contributed by atoms with Crippen molar-refractivity contribution >= 4 is 34.0 Å². The fraction of sp³-hybridized carbons (Fsp3) is 0.381. The van der Waals surface area contributed by atoms with Crippen molar-refractivity contribution in [1.82, 2.24) is 20.2 Å². The maximum atomic E-state index is 13.1. The lowest BCUT2D eigenvalue weighted by molar-refractivity contribution is 0.0944. The minimum Gasteiger partial charge on any atom is -0.494 e. The topological polar surface area (TPSA) is 108 Å². The Kier molecular flexibility index (Phi) is 6.83. The molecule has 1 N–H and O–H groups in total. The Morgan fingerprint density at radius 3 is 2.69 bits per heavy atom. The monoisotopic (exact) mass is 475 g/mol. The second kappa shape index (κ2) is 9.76. The van der Waals surface area contributed by atoms with Crippen molar-refractivity contribution in [2.45, 2.75) is 38.4 Å². The van der Waals surface area contributed by atoms with Gasteiger partial charge in [-0.15, -0.1) is 5.10 Å². The lowest BCUT2D eigenvalue weighted by atomic mass is 10.0. The van der Waals surface area contributed by atoms with Gasteiger partial charge in [-0.1, -0.05) is 16.7 Å². The van der Waals surface area contributed by atoms with E-state index >= 15 is 0 Å². The molecule has 9 nitrogen and oxygen atoms in total. The number of hydrogen-bond donors (Lipinski definition) is 1. The average Bonchev–Trinajstić information content (AvgIpc) is 3.43. The first-order valence-corrected chi connectivity index (χ1v) is 11.2. The highest BCUT2D eigenvalue weighted by molar-refractivity contribution is 7.17. The van der Waals surface area contributed by atoms with Crippen molar-refractivity contribution in [2.24, 2.45) is 0 Å². The molecule has 4 rings (SSSR count). The van der Waals surface area contributed by atoms with E-state index in [9.17, 15) is 4.79 Å². The molecule has 1 amide bonds. The van der Waals surface area contributed by atoms with E-state index in [0.29, 0.717) is 32.8 Å². The van der Waals surface area contributed by atoms with E-state index in [1.807, 2.05) is 6.92 Å². The summed E-state index contributed by atoms with van der Waals surface area (Å²) in [6, 6.07) is 3.45. The van der Waals surface area contributed by atoms with Crippen molar-refractivity contribution in [3.05, 3.63) is 40.9 Å². The zero-order valence-electron chi connectivity index (χ0n) is 17.8. The number of carbonyl (C=O) groups is 1. The van der Waals surface area contributed by atoms with Crippen LogP contribution in [0.25, 0.3) is 11.1 Å². The zero-order chi connectivity index (χ0) is 22.7. The van der Waals surface area contributed by atoms with E-state index < -0.39 is 0 Å². The van der Waals surface area contributed by atoms with Gasteiger partial charge in [0.15, 0.2) is 0 Å². The van der Waals surface area contributed by atoms with Gasteiger partial charge < -0.3 is 14.2 Å². The average molecular weight is 476 g/mol. The lowest BCUT2D eigenvalue weighted by Crippen LogP contribution is -2.14. The summed E-state index contributed by atoms with van der Waals surface area (Å²) >= 11 is 7.27. The fourth-order valence-electron chi connectivity index (χ4n) is 3.59. The molecule has 1 saturated carbocycles. The maximum absolute atomic E-state index is 13.1. The normalized spacial score (nSPS) is 17.9. The SMILES string of the molecule is COc1cnc(Cl)cc1-c1cc(C)ncc1C(=O)Nc1nnc(O[C@H]2CC[C@H](OC)C2)s1. The number of methoxy groups -OCH3 is 2. The number of ether oxygens (including phenoxy) is 3. The number of rotatable bonds is 7. The standard InChI is InChI=1S/C21H22ClN5O4S/c1-11-6-14(15-8-18(22)24-10-17(15)30-3)16(9-23-11)19(28)25-20-26-27-21(32-20)31-13-5-4-12(7-13)29-2/h6,8-10,12-13H,4-5,7H2,1-3H3,(H,25,26,28)/t12-,13-/m0/s1. The molecule has 1 fully saturated rings. The van der Waals surface area contributed by atoms with Gasteiger partial charge in [0.1, 0.15) is 17.0 Å². The van der Waals surface area contributed by atoms with Gasteiger partial charge in [-0.25, -0.2) is 4.98 Å². The molecule has 2 atom stereocenters. The Morgan fingerprint density at radius 2 is 1.94 bits per heavy atom. The minimum atomic E-state index is -0.384. The van der Waals surface area contributed by atoms with Crippen LogP contribution in [0.2, 0.25) is 5.15 Å². The Morgan fingerprint density at radius 1 is 1.12 bits per heavy atom. The number of carbonyl (C=O) groups excluding carboxylic acids is 1. The van der Waals surface area contributed by atoms with Crippen LogP contribution in [0.1, 0.15) is 35.3 Å². The summed E-state index contributed by atoms with van der Waals surface area (Å²) in [6.45, 7) is 1.84. The van der Waals surface area contributed by atoms with Crippen molar-refractivity contribution in [3.8, 4) is 22.1 Å². The largest absolute Gasteiger partial charge is 0.494 e. The molecule has 1 aliphatic rings. The Hall–Kier alpha value is -2.82. The molecule has 3 aromatic rings. The summed E-state index contributed by atoms with van der Waals surface area (Å²) in [7, 11) is 3.24. The highest BCUT2D eigenvalue weighted by Gasteiger charge is 2.27. The van der Waals surface area contributed by atoms with Crippen LogP contribution in [-0.2, 0) is 4.74 Å². The maximum Gasteiger partial charge on any atom is 0.296 e. The summed E-state index contributed by atoms with van der Waals surface area (Å²) < 4.78 is 16.7. The third-order valence-corrected chi connectivity index (χ3v) is 6.13. The predicted molar refractivity (Wildman–Crippen MR) is 121 cm³/mol. The Balaban J connectivity index is 1.54. The lowest BCUT2D eigenvalue weighted by Gasteiger charge is -2.13. The first-order valence-electron chi connectivity index (χ1n) is 9.97. The highest BCUT2D eigenvalue weighted by atomic mass is 35.5. The molecule has 11 heteroatoms. The minimum absolute atomic E-state index is 0.0354. The molecule has 0 aliphatic heterocycles. The molecule has 0 bridgehead atoms. The van der Waals surface area contributed by atoms with Gasteiger partial charge in [0, 0.05) is 36.5 Å². The molecule has 1 aliphatic carbocycles. The second-order valence-electron chi connectivity index (χ2n) is 7.32. The van der Waals surface area contributed by atoms with Gasteiger partial charge >= 0.3 is 0 Å². The molecule has 0 spiro atoms. The zero-order valence-corrected chi connectivity index (χ0v) is 19.4. The number of nitrogens with zero attached hydrogens (tertiary/aromatic N) is 4. The van der Waals surface area contributed by atoms with E-state index in [2.05, 4.69) is 25.5 Å². The number of aromatic nitrogens is 4. The molecular weight excluding hydrogens is 454 g/mol. The van der Waals surface area contributed by atoms with E-state index in [-0.39, 0.29) is 23.3 Å². The van der Waals surface area contributed by atoms with Gasteiger partial charge in [0.05, 0.1) is 25.0 Å². The number of pyridine rings is 2. The highest BCUT2D eigenvalue weighted by Crippen LogP contribution is 2.35. The van der Waals surface area contributed by atoms with Crippen LogP contribution in [0, 0.1) is 6.92 Å². The third kappa shape index (κ3) is 4.98. The van der Waals surface area contributed by atoms with Crippen molar-refractivity contribution in [1.29, 1.82) is 0 Å². The smallest absolute Gasteiger partial charge is 0.296 e. The summed E-state index contributed by atoms with van der Waals surface area (Å²) in [5, 5.41) is 11.9. The van der Waals surface area contributed by atoms with Crippen molar-refractivity contribution < 1.29 is 19.0 Å². The number of aryl methyl sites for hydroxylation is 1. The van der Waals surface area contributed by atoms with Gasteiger partial charge in [-0.2, -0.15) is 0 Å². The molecule has 0 radical (unpaired) electrons. The fourth-order valence-corrected chi connectivity index (χ4v) is 4.41. The summed E-state index contributed by atoms with van der Waals surface area (Å²) in [6.07, 6.45) is 5.93. The Bertz CT molecular complexity index is 1130. The Labute approximate surface area is 194 Å². The van der Waals surface area contributed by atoms with E-state index in [0.717, 1.165) is 25.0 Å². The van der Waals surface area contributed by atoms with Crippen molar-refractivity contribution in [3.63, 3.8) is 0 Å². The van der Waals surface area contributed by atoms with Crippen LogP contribution in [0.15, 0.2) is 24.5 Å². The number of hydrogen-bond acceptors (Lipinski definition) is 9. The van der Waals surface area contributed by atoms with Crippen LogP contribution in [0.4, 0.5) is 5.13 Å². The van der Waals surface area contributed by atoms with Crippen LogP contribution >= 0.6 is 22.9 Å². The molecule has 168 valence electrons. The molecule has 3 heterocycles. The van der Waals surface area contributed by atoms with Gasteiger partial charge in [0.25, 0.3) is 11.1 Å². The first-order chi connectivity index (χ1) is 15.5. The molecular formula is C21H22ClN5O4S. The molecule has 3 aromatic heterocycles. The van der Waals surface area contributed by atoms with E-state index in [1.54, 1.807) is 19.2 Å². The second-order valence-corrected chi connectivity index (χ2v) is 8.64. The molecule has 0 saturated heterocycles.